The van der Waals surface area contributed by atoms with Gasteiger partial charge in [-0.1, -0.05) is 0 Å². The Hall–Kier alpha value is -3.50. The average molecular weight is 447 g/mol. The molecule has 11 heteroatoms. The molecule has 0 radical (unpaired) electrons. The molecule has 0 spiro atoms. The van der Waals surface area contributed by atoms with E-state index in [0.717, 1.165) is 12.1 Å². The SMILES string of the molecule is COc1cc(F)c(-n2ncc3c(OC4CCN(C(=O)OC(C)C)CC4)ncnc32)cc1F. The smallest absolute Gasteiger partial charge is 0.410 e. The first-order valence-electron chi connectivity index (χ1n) is 10.2. The lowest BCUT2D eigenvalue weighted by Gasteiger charge is -2.31. The van der Waals surface area contributed by atoms with Crippen molar-refractivity contribution in [2.45, 2.75) is 38.9 Å². The van der Waals surface area contributed by atoms with Crippen LogP contribution in [0.15, 0.2) is 24.7 Å². The summed E-state index contributed by atoms with van der Waals surface area (Å²) in [6, 6.07) is 1.95. The van der Waals surface area contributed by atoms with Crippen LogP contribution in [0.1, 0.15) is 26.7 Å². The molecule has 0 N–H and O–H groups in total. The molecule has 3 aromatic rings. The molecule has 170 valence electrons. The predicted octanol–water partition coefficient (Wildman–Crippen LogP) is 3.49. The maximum Gasteiger partial charge on any atom is 0.410 e. The van der Waals surface area contributed by atoms with Crippen molar-refractivity contribution in [3.63, 3.8) is 0 Å². The Morgan fingerprint density at radius 1 is 1.16 bits per heavy atom. The molecule has 0 unspecified atom stereocenters. The average Bonchev–Trinajstić information content (AvgIpc) is 3.20. The fraction of sp³-hybridized carbons (Fsp3) is 0.429. The molecule has 1 fully saturated rings. The van der Waals surface area contributed by atoms with Crippen LogP contribution in [0, 0.1) is 11.6 Å². The zero-order chi connectivity index (χ0) is 22.8. The summed E-state index contributed by atoms with van der Waals surface area (Å²) in [7, 11) is 1.26. The summed E-state index contributed by atoms with van der Waals surface area (Å²) < 4.78 is 45.9. The van der Waals surface area contributed by atoms with Crippen molar-refractivity contribution < 1.29 is 27.8 Å². The molecular formula is C21H23F2N5O4. The highest BCUT2D eigenvalue weighted by atomic mass is 19.1. The summed E-state index contributed by atoms with van der Waals surface area (Å²) in [4.78, 5) is 22.0. The Balaban J connectivity index is 1.53. The molecular weight excluding hydrogens is 424 g/mol. The molecule has 32 heavy (non-hydrogen) atoms. The molecule has 1 aliphatic heterocycles. The van der Waals surface area contributed by atoms with E-state index < -0.39 is 11.6 Å². The maximum atomic E-state index is 14.5. The molecule has 9 nitrogen and oxygen atoms in total. The van der Waals surface area contributed by atoms with Gasteiger partial charge in [0.1, 0.15) is 23.5 Å². The normalized spacial score (nSPS) is 14.8. The predicted molar refractivity (Wildman–Crippen MR) is 110 cm³/mol. The molecule has 0 aliphatic carbocycles. The van der Waals surface area contributed by atoms with Crippen molar-refractivity contribution in [2.75, 3.05) is 20.2 Å². The molecule has 1 amide bonds. The molecule has 2 aromatic heterocycles. The van der Waals surface area contributed by atoms with E-state index in [0.29, 0.717) is 37.2 Å². The van der Waals surface area contributed by atoms with Gasteiger partial charge in [-0.3, -0.25) is 0 Å². The second kappa shape index (κ2) is 8.93. The van der Waals surface area contributed by atoms with E-state index in [2.05, 4.69) is 15.1 Å². The third kappa shape index (κ3) is 4.27. The number of piperidine rings is 1. The van der Waals surface area contributed by atoms with Crippen LogP contribution >= 0.6 is 0 Å². The van der Waals surface area contributed by atoms with Crippen molar-refractivity contribution >= 4 is 17.1 Å². The van der Waals surface area contributed by atoms with Crippen molar-refractivity contribution in [1.82, 2.24) is 24.6 Å². The van der Waals surface area contributed by atoms with Gasteiger partial charge in [-0.15, -0.1) is 0 Å². The Bertz CT molecular complexity index is 1130. The largest absolute Gasteiger partial charge is 0.494 e. The third-order valence-corrected chi connectivity index (χ3v) is 5.09. The molecule has 0 bridgehead atoms. The minimum atomic E-state index is -0.721. The number of rotatable bonds is 5. The number of likely N-dealkylation sites (tertiary alicyclic amines) is 1. The second-order valence-electron chi connectivity index (χ2n) is 7.65. The summed E-state index contributed by atoms with van der Waals surface area (Å²) in [6.07, 6.45) is 3.25. The third-order valence-electron chi connectivity index (χ3n) is 5.09. The van der Waals surface area contributed by atoms with Crippen molar-refractivity contribution in [3.05, 3.63) is 36.3 Å². The van der Waals surface area contributed by atoms with E-state index in [4.69, 9.17) is 14.2 Å². The van der Waals surface area contributed by atoms with E-state index in [1.54, 1.807) is 18.7 Å². The summed E-state index contributed by atoms with van der Waals surface area (Å²) in [5.74, 6) is -1.35. The van der Waals surface area contributed by atoms with Crippen LogP contribution in [-0.2, 0) is 4.74 Å². The van der Waals surface area contributed by atoms with Gasteiger partial charge in [-0.25, -0.2) is 28.2 Å². The van der Waals surface area contributed by atoms with Gasteiger partial charge in [0.15, 0.2) is 23.0 Å². The van der Waals surface area contributed by atoms with Gasteiger partial charge in [0.05, 0.1) is 19.4 Å². The number of carbonyl (C=O) groups is 1. The van der Waals surface area contributed by atoms with Crippen LogP contribution in [0.25, 0.3) is 16.7 Å². The summed E-state index contributed by atoms with van der Waals surface area (Å²) in [5, 5.41) is 4.62. The lowest BCUT2D eigenvalue weighted by Crippen LogP contribution is -2.42. The zero-order valence-electron chi connectivity index (χ0n) is 17.9. The second-order valence-corrected chi connectivity index (χ2v) is 7.65. The number of methoxy groups -OCH3 is 1. The van der Waals surface area contributed by atoms with Gasteiger partial charge in [-0.2, -0.15) is 5.10 Å². The molecule has 4 rings (SSSR count). The number of hydrogen-bond donors (Lipinski definition) is 0. The Morgan fingerprint density at radius 3 is 2.59 bits per heavy atom. The number of hydrogen-bond acceptors (Lipinski definition) is 7. The lowest BCUT2D eigenvalue weighted by molar-refractivity contribution is 0.0511. The number of halogens is 2. The van der Waals surface area contributed by atoms with Gasteiger partial charge in [0.2, 0.25) is 5.88 Å². The van der Waals surface area contributed by atoms with E-state index in [1.165, 1.54) is 24.3 Å². The van der Waals surface area contributed by atoms with Crippen LogP contribution in [-0.4, -0.2) is 63.1 Å². The van der Waals surface area contributed by atoms with E-state index in [-0.39, 0.29) is 35.4 Å². The fourth-order valence-corrected chi connectivity index (χ4v) is 3.52. The standard InChI is InChI=1S/C21H23F2N5O4/c1-12(2)31-21(29)27-6-4-13(5-7-27)32-20-14-10-26-28(19(14)24-11-25-20)17-8-16(23)18(30-3)9-15(17)22/h8-13H,4-7H2,1-3H3. The zero-order valence-corrected chi connectivity index (χ0v) is 17.9. The molecule has 1 aromatic carbocycles. The summed E-state index contributed by atoms with van der Waals surface area (Å²) in [5.41, 5.74) is 0.163. The lowest BCUT2D eigenvalue weighted by atomic mass is 10.1. The monoisotopic (exact) mass is 447 g/mol. The highest BCUT2D eigenvalue weighted by Crippen LogP contribution is 2.29. The van der Waals surface area contributed by atoms with Crippen LogP contribution in [0.4, 0.5) is 13.6 Å². The number of carbonyl (C=O) groups excluding carboxylic acids is 1. The van der Waals surface area contributed by atoms with Gasteiger partial charge in [0.25, 0.3) is 0 Å². The summed E-state index contributed by atoms with van der Waals surface area (Å²) >= 11 is 0. The van der Waals surface area contributed by atoms with Gasteiger partial charge >= 0.3 is 6.09 Å². The van der Waals surface area contributed by atoms with Crippen LogP contribution < -0.4 is 9.47 Å². The van der Waals surface area contributed by atoms with Crippen LogP contribution in [0.2, 0.25) is 0 Å². The van der Waals surface area contributed by atoms with E-state index in [1.807, 2.05) is 0 Å². The topological polar surface area (TPSA) is 91.6 Å². The fourth-order valence-electron chi connectivity index (χ4n) is 3.52. The highest BCUT2D eigenvalue weighted by Gasteiger charge is 2.26. The molecule has 3 heterocycles. The number of benzene rings is 1. The van der Waals surface area contributed by atoms with E-state index >= 15 is 0 Å². The minimum absolute atomic E-state index is 0.111. The maximum absolute atomic E-state index is 14.5. The Morgan fingerprint density at radius 2 is 1.91 bits per heavy atom. The Kier molecular flexibility index (Phi) is 6.06. The van der Waals surface area contributed by atoms with Crippen LogP contribution in [0.3, 0.4) is 0 Å². The first kappa shape index (κ1) is 21.7. The Labute approximate surface area is 182 Å². The number of amides is 1. The first-order chi connectivity index (χ1) is 15.4. The van der Waals surface area contributed by atoms with Crippen LogP contribution in [0.5, 0.6) is 11.6 Å². The van der Waals surface area contributed by atoms with Gasteiger partial charge in [0, 0.05) is 38.1 Å². The molecule has 0 saturated carbocycles. The molecule has 1 saturated heterocycles. The van der Waals surface area contributed by atoms with E-state index in [9.17, 15) is 13.6 Å². The number of ether oxygens (including phenoxy) is 3. The minimum Gasteiger partial charge on any atom is -0.494 e. The number of nitrogens with zero attached hydrogens (tertiary/aromatic N) is 5. The quantitative estimate of drug-likeness (QED) is 0.591. The highest BCUT2D eigenvalue weighted by molar-refractivity contribution is 5.81. The van der Waals surface area contributed by atoms with Crippen molar-refractivity contribution in [1.29, 1.82) is 0 Å². The summed E-state index contributed by atoms with van der Waals surface area (Å²) in [6.45, 7) is 4.61. The van der Waals surface area contributed by atoms with Crippen molar-refractivity contribution in [3.8, 4) is 17.3 Å². The first-order valence-corrected chi connectivity index (χ1v) is 10.2. The number of fused-ring (bicyclic) bond motifs is 1. The van der Waals surface area contributed by atoms with Gasteiger partial charge in [-0.05, 0) is 13.8 Å². The van der Waals surface area contributed by atoms with Gasteiger partial charge < -0.3 is 19.1 Å². The molecule has 1 aliphatic rings. The molecule has 0 atom stereocenters. The number of aromatic nitrogens is 4. The van der Waals surface area contributed by atoms with Crippen molar-refractivity contribution in [2.24, 2.45) is 0 Å².